The molecule has 0 aliphatic carbocycles. The van der Waals surface area contributed by atoms with Crippen molar-refractivity contribution in [3.05, 3.63) is 64.6 Å². The zero-order chi connectivity index (χ0) is 11.5. The average Bonchev–Trinajstić information content (AvgIpc) is 2.33. The van der Waals surface area contributed by atoms with Crippen LogP contribution in [0.1, 0.15) is 25.0 Å². The van der Waals surface area contributed by atoms with Crippen LogP contribution in [0, 0.1) is 0 Å². The van der Waals surface area contributed by atoms with Gasteiger partial charge in [-0.2, -0.15) is 0 Å². The lowest BCUT2D eigenvalue weighted by molar-refractivity contribution is 1.14. The number of aryl methyl sites for hydroxylation is 1. The van der Waals surface area contributed by atoms with Crippen LogP contribution in [-0.4, -0.2) is 0 Å². The summed E-state index contributed by atoms with van der Waals surface area (Å²) in [4.78, 5) is 1.33. The van der Waals surface area contributed by atoms with E-state index in [-0.39, 0.29) is 0 Å². The lowest BCUT2D eigenvalue weighted by atomic mass is 10.0. The summed E-state index contributed by atoms with van der Waals surface area (Å²) in [7, 11) is 0. The van der Waals surface area contributed by atoms with Gasteiger partial charge in [0.05, 0.1) is 0 Å². The molecule has 0 amide bonds. The van der Waals surface area contributed by atoms with Gasteiger partial charge >= 0.3 is 0 Å². The minimum absolute atomic E-state index is 1.10. The van der Waals surface area contributed by atoms with Crippen LogP contribution >= 0.6 is 11.8 Å². The van der Waals surface area contributed by atoms with Crippen molar-refractivity contribution in [3.63, 3.8) is 0 Å². The van der Waals surface area contributed by atoms with Crippen LogP contribution in [-0.2, 0) is 6.42 Å². The van der Waals surface area contributed by atoms with E-state index in [4.69, 9.17) is 0 Å². The zero-order valence-electron chi connectivity index (χ0n) is 9.79. The SMILES string of the molecule is C=C1C=CSC(c2ccc(CC)cc2)=C1C. The Labute approximate surface area is 102 Å². The highest BCUT2D eigenvalue weighted by molar-refractivity contribution is 8.11. The molecule has 1 heterocycles. The fourth-order valence-corrected chi connectivity index (χ4v) is 2.67. The molecule has 1 aliphatic rings. The third-order valence-corrected chi connectivity index (χ3v) is 3.95. The quantitative estimate of drug-likeness (QED) is 0.701. The van der Waals surface area contributed by atoms with Gasteiger partial charge in [-0.05, 0) is 47.1 Å². The normalized spacial score (nSPS) is 15.8. The van der Waals surface area contributed by atoms with Crippen molar-refractivity contribution in [2.75, 3.05) is 0 Å². The molecule has 0 spiro atoms. The van der Waals surface area contributed by atoms with Gasteiger partial charge in [0.2, 0.25) is 0 Å². The van der Waals surface area contributed by atoms with Gasteiger partial charge in [0.15, 0.2) is 0 Å². The molecule has 1 aromatic carbocycles. The van der Waals surface area contributed by atoms with E-state index >= 15 is 0 Å². The summed E-state index contributed by atoms with van der Waals surface area (Å²) in [5.41, 5.74) is 5.09. The Morgan fingerprint density at radius 2 is 1.88 bits per heavy atom. The number of thioether (sulfide) groups is 1. The van der Waals surface area contributed by atoms with Crippen molar-refractivity contribution < 1.29 is 0 Å². The van der Waals surface area contributed by atoms with E-state index in [9.17, 15) is 0 Å². The van der Waals surface area contributed by atoms with E-state index < -0.39 is 0 Å². The Morgan fingerprint density at radius 3 is 2.50 bits per heavy atom. The third-order valence-electron chi connectivity index (χ3n) is 2.90. The molecule has 0 atom stereocenters. The second kappa shape index (κ2) is 4.75. The largest absolute Gasteiger partial charge is 0.0971 e. The van der Waals surface area contributed by atoms with Crippen LogP contribution in [0.4, 0.5) is 0 Å². The molecule has 1 aromatic rings. The van der Waals surface area contributed by atoms with Gasteiger partial charge in [-0.15, -0.1) is 0 Å². The maximum absolute atomic E-state index is 4.05. The summed E-state index contributed by atoms with van der Waals surface area (Å²) in [5, 5.41) is 2.11. The van der Waals surface area contributed by atoms with E-state index in [1.54, 1.807) is 11.8 Å². The van der Waals surface area contributed by atoms with Crippen LogP contribution in [0.2, 0.25) is 0 Å². The molecule has 0 aromatic heterocycles. The van der Waals surface area contributed by atoms with E-state index in [1.807, 2.05) is 0 Å². The van der Waals surface area contributed by atoms with Gasteiger partial charge in [0.25, 0.3) is 0 Å². The molecule has 0 N–H and O–H groups in total. The molecule has 0 saturated heterocycles. The molecular weight excluding hydrogens is 212 g/mol. The Kier molecular flexibility index (Phi) is 3.35. The molecule has 82 valence electrons. The molecule has 2 rings (SSSR count). The second-order valence-corrected chi connectivity index (χ2v) is 4.87. The molecule has 0 unspecified atom stereocenters. The smallest absolute Gasteiger partial charge is 0.0223 e. The van der Waals surface area contributed by atoms with Gasteiger partial charge in [0.1, 0.15) is 0 Å². The topological polar surface area (TPSA) is 0 Å². The summed E-state index contributed by atoms with van der Waals surface area (Å²) in [6.45, 7) is 8.37. The summed E-state index contributed by atoms with van der Waals surface area (Å²) in [6, 6.07) is 8.82. The second-order valence-electron chi connectivity index (χ2n) is 3.95. The van der Waals surface area contributed by atoms with Crippen LogP contribution in [0.5, 0.6) is 0 Å². The van der Waals surface area contributed by atoms with E-state index in [1.165, 1.54) is 21.6 Å². The lowest BCUT2D eigenvalue weighted by Gasteiger charge is -2.15. The first-order valence-electron chi connectivity index (χ1n) is 5.55. The first kappa shape index (κ1) is 11.3. The van der Waals surface area contributed by atoms with E-state index in [2.05, 4.69) is 56.2 Å². The van der Waals surface area contributed by atoms with Gasteiger partial charge < -0.3 is 0 Å². The molecule has 16 heavy (non-hydrogen) atoms. The lowest BCUT2D eigenvalue weighted by Crippen LogP contribution is -1.91. The third kappa shape index (κ3) is 2.14. The molecular formula is C15H16S. The molecule has 0 saturated carbocycles. The maximum Gasteiger partial charge on any atom is 0.0223 e. The van der Waals surface area contributed by atoms with E-state index in [0.29, 0.717) is 0 Å². The first-order valence-corrected chi connectivity index (χ1v) is 6.43. The summed E-state index contributed by atoms with van der Waals surface area (Å²) in [5.74, 6) is 0. The predicted octanol–water partition coefficient (Wildman–Crippen LogP) is 4.80. The van der Waals surface area contributed by atoms with Crippen molar-refractivity contribution in [1.82, 2.24) is 0 Å². The molecule has 1 heteroatoms. The summed E-state index contributed by atoms with van der Waals surface area (Å²) >= 11 is 1.78. The first-order chi connectivity index (χ1) is 7.72. The van der Waals surface area contributed by atoms with Crippen molar-refractivity contribution in [3.8, 4) is 0 Å². The van der Waals surface area contributed by atoms with Crippen LogP contribution in [0.3, 0.4) is 0 Å². The highest BCUT2D eigenvalue weighted by Gasteiger charge is 2.10. The number of hydrogen-bond donors (Lipinski definition) is 0. The Hall–Kier alpha value is -1.21. The minimum Gasteiger partial charge on any atom is -0.0971 e. The Morgan fingerprint density at radius 1 is 1.19 bits per heavy atom. The van der Waals surface area contributed by atoms with Crippen molar-refractivity contribution in [1.29, 1.82) is 0 Å². The fraction of sp³-hybridized carbons (Fsp3) is 0.200. The fourth-order valence-electron chi connectivity index (χ4n) is 1.72. The van der Waals surface area contributed by atoms with Gasteiger partial charge in [-0.25, -0.2) is 0 Å². The molecule has 0 bridgehead atoms. The van der Waals surface area contributed by atoms with Crippen LogP contribution in [0.25, 0.3) is 4.91 Å². The molecule has 0 nitrogen and oxygen atoms in total. The number of allylic oxidation sites excluding steroid dienone is 3. The van der Waals surface area contributed by atoms with E-state index in [0.717, 1.165) is 12.0 Å². The highest BCUT2D eigenvalue weighted by Crippen LogP contribution is 2.38. The predicted molar refractivity (Wildman–Crippen MR) is 74.3 cm³/mol. The van der Waals surface area contributed by atoms with Crippen molar-refractivity contribution >= 4 is 16.7 Å². The van der Waals surface area contributed by atoms with Gasteiger partial charge in [-0.3, -0.25) is 0 Å². The minimum atomic E-state index is 1.10. The number of benzene rings is 1. The maximum atomic E-state index is 4.05. The van der Waals surface area contributed by atoms with Crippen LogP contribution < -0.4 is 0 Å². The summed E-state index contributed by atoms with van der Waals surface area (Å²) in [6.07, 6.45) is 3.17. The van der Waals surface area contributed by atoms with Crippen LogP contribution in [0.15, 0.2) is 53.5 Å². The Balaban J connectivity index is 2.37. The standard InChI is InChI=1S/C15H16S/c1-4-13-5-7-14(8-6-13)15-12(3)11(2)9-10-16-15/h5-10H,2,4H2,1,3H3. The van der Waals surface area contributed by atoms with Crippen molar-refractivity contribution in [2.24, 2.45) is 0 Å². The number of hydrogen-bond acceptors (Lipinski definition) is 1. The average molecular weight is 228 g/mol. The molecule has 1 aliphatic heterocycles. The monoisotopic (exact) mass is 228 g/mol. The zero-order valence-corrected chi connectivity index (χ0v) is 10.6. The van der Waals surface area contributed by atoms with Crippen molar-refractivity contribution in [2.45, 2.75) is 20.3 Å². The van der Waals surface area contributed by atoms with Gasteiger partial charge in [0, 0.05) is 4.91 Å². The number of rotatable bonds is 2. The molecule has 0 radical (unpaired) electrons. The molecule has 0 fully saturated rings. The summed E-state index contributed by atoms with van der Waals surface area (Å²) < 4.78 is 0. The Bertz CT molecular complexity index is 461. The van der Waals surface area contributed by atoms with Gasteiger partial charge in [-0.1, -0.05) is 49.5 Å². The highest BCUT2D eigenvalue weighted by atomic mass is 32.2.